The maximum Gasteiger partial charge on any atom is -0.358 e. The van der Waals surface area contributed by atoms with Crippen LogP contribution in [0.2, 0.25) is 13.1 Å². The second-order valence-electron chi connectivity index (χ2n) is 4.05. The van der Waals surface area contributed by atoms with Crippen LogP contribution >= 0.6 is 24.8 Å². The number of hydrogen-bond acceptors (Lipinski definition) is 1. The number of aliphatic hydroxyl groups is 1. The minimum Gasteiger partial charge on any atom is -0.358 e. The molecule has 0 atom stereocenters. The first kappa shape index (κ1) is 43.1. The van der Waals surface area contributed by atoms with Crippen LogP contribution in [-0.2, 0) is 24.2 Å². The predicted molar refractivity (Wildman–Crippen MR) is 105 cm³/mol. The van der Waals surface area contributed by atoms with E-state index >= 15 is 0 Å². The van der Waals surface area contributed by atoms with Gasteiger partial charge in [0, 0.05) is 9.52 Å². The average molecular weight is 435 g/mol. The summed E-state index contributed by atoms with van der Waals surface area (Å²) in [5, 5.41) is 7.46. The summed E-state index contributed by atoms with van der Waals surface area (Å²) in [5.74, 6) is 0. The average Bonchev–Trinajstić information content (AvgIpc) is 2.77. The maximum absolute atomic E-state index is 7.46. The van der Waals surface area contributed by atoms with Crippen molar-refractivity contribution >= 4 is 38.5 Å². The molecule has 2 nitrogen and oxygen atoms in total. The summed E-state index contributed by atoms with van der Waals surface area (Å²) in [6.07, 6.45) is 10.0. The minimum absolute atomic E-state index is 0. The van der Waals surface area contributed by atoms with Gasteiger partial charge in [0.15, 0.2) is 0 Å². The van der Waals surface area contributed by atoms with E-state index < -0.39 is 0 Å². The Morgan fingerprint density at radius 3 is 1.62 bits per heavy atom. The van der Waals surface area contributed by atoms with E-state index in [0.29, 0.717) is 0 Å². The van der Waals surface area contributed by atoms with Gasteiger partial charge in [0.25, 0.3) is 0 Å². The van der Waals surface area contributed by atoms with E-state index in [1.54, 1.807) is 0 Å². The van der Waals surface area contributed by atoms with Gasteiger partial charge in [-0.3, -0.25) is 6.08 Å². The first-order chi connectivity index (χ1) is 8.33. The third-order valence-corrected chi connectivity index (χ3v) is 0.586. The normalized spacial score (nSPS) is 8.90. The summed E-state index contributed by atoms with van der Waals surface area (Å²) < 4.78 is 3.34. The van der Waals surface area contributed by atoms with Crippen LogP contribution in [0.15, 0.2) is 18.2 Å². The molecule has 0 bridgehead atoms. The first-order valence-corrected chi connectivity index (χ1v) is 9.84. The van der Waals surface area contributed by atoms with E-state index in [-0.39, 0.29) is 44.4 Å². The monoisotopic (exact) mass is 432 g/mol. The molecule has 6 heteroatoms. The molecule has 0 aromatic carbocycles. The van der Waals surface area contributed by atoms with Gasteiger partial charge >= 0.3 is 28.4 Å². The number of rotatable bonds is 0. The van der Waals surface area contributed by atoms with E-state index in [2.05, 4.69) is 36.4 Å². The maximum atomic E-state index is 7.46. The molecule has 0 saturated carbocycles. The zero-order valence-corrected chi connectivity index (χ0v) is 19.6. The fourth-order valence-electron chi connectivity index (χ4n) is 0.340. The van der Waals surface area contributed by atoms with Gasteiger partial charge in [0.2, 0.25) is 0 Å². The Morgan fingerprint density at radius 1 is 1.33 bits per heavy atom. The standard InChI is InChI=1S/C5H5.C4H10N.C2H5O.C2H7Si.CH3.CH2.2ClH.Zr/c1-2-4-5-3-1;1-4(2,3)5;1-2-3;1-3-2;;;;;/h1-3H,4H2;5H,1-3H3;3H,1-2H2;3H,1-2H3;1H3;1H2;2*1H;/q3*-1;;-1;;;;. The van der Waals surface area contributed by atoms with Crippen molar-refractivity contribution in [2.45, 2.75) is 45.8 Å². The van der Waals surface area contributed by atoms with Gasteiger partial charge in [-0.2, -0.15) is 6.08 Å². The van der Waals surface area contributed by atoms with Crippen molar-refractivity contribution < 1.29 is 29.3 Å². The molecule has 0 fully saturated rings. The van der Waals surface area contributed by atoms with Crippen molar-refractivity contribution in [1.82, 2.24) is 0 Å². The van der Waals surface area contributed by atoms with Gasteiger partial charge in [-0.25, -0.2) is 12.2 Å². The SMILES string of the molecule is CC(C)(C)[NH-].C[SiH]C.Cl.Cl.[C-]1=CC=CC1.[CH2-]CO.[CH2]=[Zr].[CH3-]. The number of allylic oxidation sites excluding steroid dienone is 4. The summed E-state index contributed by atoms with van der Waals surface area (Å²) in [6, 6.07) is 0. The van der Waals surface area contributed by atoms with Crippen molar-refractivity contribution in [1.29, 1.82) is 0 Å². The Labute approximate surface area is 164 Å². The van der Waals surface area contributed by atoms with Crippen LogP contribution in [0, 0.1) is 20.4 Å². The molecule has 0 aliphatic heterocycles. The molecule has 21 heavy (non-hydrogen) atoms. The molecule has 1 aliphatic rings. The summed E-state index contributed by atoms with van der Waals surface area (Å²) in [6.45, 7) is 13.0. The Kier molecular flexibility index (Phi) is 87.9. The van der Waals surface area contributed by atoms with Gasteiger partial charge in [0.05, 0.1) is 0 Å². The molecular formula is C15H34Cl2NOSiZr-4. The summed E-state index contributed by atoms with van der Waals surface area (Å²) in [7, 11) is 0.750. The van der Waals surface area contributed by atoms with Crippen molar-refractivity contribution in [3.8, 4) is 0 Å². The quantitative estimate of drug-likeness (QED) is 0.435. The molecule has 0 spiro atoms. The van der Waals surface area contributed by atoms with Crippen molar-refractivity contribution in [3.63, 3.8) is 0 Å². The number of halogens is 2. The number of aliphatic hydroxyl groups excluding tert-OH is 1. The predicted octanol–water partition coefficient (Wildman–Crippen LogP) is 4.73. The van der Waals surface area contributed by atoms with Crippen molar-refractivity contribution in [2.75, 3.05) is 6.61 Å². The Morgan fingerprint density at radius 2 is 1.57 bits per heavy atom. The molecule has 1 aliphatic carbocycles. The summed E-state index contributed by atoms with van der Waals surface area (Å²) in [4.78, 5) is 0. The van der Waals surface area contributed by atoms with E-state index in [0.717, 1.165) is 15.9 Å². The molecule has 131 valence electrons. The summed E-state index contributed by atoms with van der Waals surface area (Å²) in [5.41, 5.74) is 6.69. The van der Waals surface area contributed by atoms with Gasteiger partial charge in [-0.05, 0) is 0 Å². The van der Waals surface area contributed by atoms with Gasteiger partial charge in [-0.1, -0.05) is 40.5 Å². The Balaban J connectivity index is -0.0000000234. The molecule has 0 unspecified atom stereocenters. The first-order valence-electron chi connectivity index (χ1n) is 5.79. The van der Waals surface area contributed by atoms with Crippen molar-refractivity contribution in [2.24, 2.45) is 0 Å². The molecule has 1 rings (SSSR count). The molecular weight excluding hydrogens is 400 g/mol. The second kappa shape index (κ2) is 42.8. The van der Waals surface area contributed by atoms with E-state index in [1.165, 1.54) is 24.2 Å². The Bertz CT molecular complexity index is 169. The molecule has 0 aromatic rings. The molecule has 0 saturated heterocycles. The van der Waals surface area contributed by atoms with Gasteiger partial charge in [0.1, 0.15) is 0 Å². The van der Waals surface area contributed by atoms with E-state index in [1.807, 2.05) is 32.9 Å². The van der Waals surface area contributed by atoms with E-state index in [9.17, 15) is 0 Å². The second-order valence-corrected chi connectivity index (χ2v) is 5.21. The third-order valence-electron chi connectivity index (χ3n) is 0.586. The third kappa shape index (κ3) is 213. The molecule has 0 aromatic heterocycles. The molecule has 1 radical (unpaired) electrons. The largest absolute Gasteiger partial charge is 0.358 e. The zero-order valence-electron chi connectivity index (χ0n) is 14.4. The zero-order chi connectivity index (χ0) is 15.4. The topological polar surface area (TPSA) is 44.0 Å². The molecule has 2 N–H and O–H groups in total. The van der Waals surface area contributed by atoms with Crippen LogP contribution in [0.25, 0.3) is 5.73 Å². The minimum atomic E-state index is -0.250. The van der Waals surface area contributed by atoms with Crippen molar-refractivity contribution in [3.05, 3.63) is 44.4 Å². The van der Waals surface area contributed by atoms with Gasteiger partial charge in [-0.15, -0.1) is 36.8 Å². The molecule has 0 heterocycles. The van der Waals surface area contributed by atoms with E-state index in [4.69, 9.17) is 10.8 Å². The van der Waals surface area contributed by atoms with Crippen LogP contribution < -0.4 is 0 Å². The summed E-state index contributed by atoms with van der Waals surface area (Å²) >= 11 is 1.30. The van der Waals surface area contributed by atoms with Crippen LogP contribution in [-0.4, -0.2) is 31.0 Å². The van der Waals surface area contributed by atoms with Gasteiger partial charge < -0.3 is 25.2 Å². The molecule has 0 amide bonds. The fourth-order valence-corrected chi connectivity index (χ4v) is 0.340. The smallest absolute Gasteiger partial charge is 0.358 e. The van der Waals surface area contributed by atoms with Crippen LogP contribution in [0.4, 0.5) is 0 Å². The Hall–Kier alpha value is 0.950. The fraction of sp³-hybridized carbons (Fsp3) is 0.533. The number of nitrogens with one attached hydrogen (secondary N) is 1. The van der Waals surface area contributed by atoms with Crippen LogP contribution in [0.5, 0.6) is 0 Å². The van der Waals surface area contributed by atoms with Crippen LogP contribution in [0.3, 0.4) is 0 Å². The van der Waals surface area contributed by atoms with Crippen LogP contribution in [0.1, 0.15) is 27.2 Å². The number of hydrogen-bond donors (Lipinski definition) is 1.